The number of halogens is 2. The molecule has 0 atom stereocenters. The van der Waals surface area contributed by atoms with E-state index >= 15 is 0 Å². The third-order valence-corrected chi connectivity index (χ3v) is 5.47. The van der Waals surface area contributed by atoms with Crippen molar-refractivity contribution in [2.24, 2.45) is 0 Å². The van der Waals surface area contributed by atoms with Crippen molar-refractivity contribution in [1.82, 2.24) is 14.9 Å². The van der Waals surface area contributed by atoms with Crippen molar-refractivity contribution < 1.29 is 0 Å². The molecule has 3 aromatic rings. The molecule has 0 fully saturated rings. The average Bonchev–Trinajstić information content (AvgIpc) is 2.68. The van der Waals surface area contributed by atoms with Crippen molar-refractivity contribution >= 4 is 52.1 Å². The molecule has 0 radical (unpaired) electrons. The number of nitrogens with zero attached hydrogens (tertiary/aromatic N) is 4. The lowest BCUT2D eigenvalue weighted by Gasteiger charge is -2.21. The number of hydrogen-bond acceptors (Lipinski definition) is 4. The minimum absolute atomic E-state index is 0.629. The third kappa shape index (κ3) is 5.47. The van der Waals surface area contributed by atoms with Crippen LogP contribution in [-0.2, 0) is 0 Å². The van der Waals surface area contributed by atoms with Crippen LogP contribution >= 0.6 is 23.2 Å². The lowest BCUT2D eigenvalue weighted by atomic mass is 10.1. The number of anilines is 1. The van der Waals surface area contributed by atoms with Crippen molar-refractivity contribution in [1.29, 1.82) is 0 Å². The van der Waals surface area contributed by atoms with Crippen LogP contribution in [0.4, 0.5) is 5.82 Å². The normalized spacial score (nSPS) is 11.7. The maximum Gasteiger partial charge on any atom is 0.155 e. The van der Waals surface area contributed by atoms with Gasteiger partial charge in [-0.1, -0.05) is 47.5 Å². The van der Waals surface area contributed by atoms with Crippen LogP contribution in [0.2, 0.25) is 10.0 Å². The van der Waals surface area contributed by atoms with E-state index in [1.165, 1.54) is 0 Å². The molecule has 0 aliphatic carbocycles. The van der Waals surface area contributed by atoms with Crippen molar-refractivity contribution in [2.45, 2.75) is 13.3 Å². The molecule has 0 N–H and O–H groups in total. The van der Waals surface area contributed by atoms with E-state index in [2.05, 4.69) is 30.9 Å². The van der Waals surface area contributed by atoms with E-state index in [0.29, 0.717) is 10.8 Å². The van der Waals surface area contributed by atoms with E-state index in [-0.39, 0.29) is 0 Å². The van der Waals surface area contributed by atoms with Crippen LogP contribution in [0, 0.1) is 6.92 Å². The maximum absolute atomic E-state index is 6.45. The molecule has 0 spiro atoms. The van der Waals surface area contributed by atoms with Gasteiger partial charge in [0, 0.05) is 24.0 Å². The molecule has 0 saturated carbocycles. The summed E-state index contributed by atoms with van der Waals surface area (Å²) in [5.41, 5.74) is 2.86. The average molecular weight is 429 g/mol. The second-order valence-corrected chi connectivity index (χ2v) is 8.28. The monoisotopic (exact) mass is 428 g/mol. The molecule has 0 saturated heterocycles. The molecule has 0 unspecified atom stereocenters. The van der Waals surface area contributed by atoms with Crippen LogP contribution in [0.3, 0.4) is 0 Å². The summed E-state index contributed by atoms with van der Waals surface area (Å²) in [4.78, 5) is 13.9. The van der Waals surface area contributed by atoms with Crippen LogP contribution in [0.25, 0.3) is 23.1 Å². The maximum atomic E-state index is 6.45. The Bertz CT molecular complexity index is 1030. The summed E-state index contributed by atoms with van der Waals surface area (Å²) in [5, 5.41) is 2.35. The molecule has 152 valence electrons. The summed E-state index contributed by atoms with van der Waals surface area (Å²) in [6.45, 7) is 3.92. The molecule has 6 heteroatoms. The zero-order chi connectivity index (χ0) is 21.0. The Labute approximate surface area is 182 Å². The quantitative estimate of drug-likeness (QED) is 0.475. The lowest BCUT2D eigenvalue weighted by Crippen LogP contribution is -2.24. The number of fused-ring (bicyclic) bond motifs is 1. The minimum Gasteiger partial charge on any atom is -0.359 e. The van der Waals surface area contributed by atoms with Gasteiger partial charge in [-0.2, -0.15) is 0 Å². The van der Waals surface area contributed by atoms with E-state index < -0.39 is 0 Å². The van der Waals surface area contributed by atoms with Gasteiger partial charge in [-0.15, -0.1) is 0 Å². The Morgan fingerprint density at radius 2 is 1.72 bits per heavy atom. The van der Waals surface area contributed by atoms with Gasteiger partial charge in [-0.05, 0) is 69.4 Å². The number of aromatic nitrogens is 2. The van der Waals surface area contributed by atoms with E-state index in [4.69, 9.17) is 33.2 Å². The van der Waals surface area contributed by atoms with Gasteiger partial charge in [0.15, 0.2) is 5.82 Å². The topological polar surface area (TPSA) is 32.3 Å². The van der Waals surface area contributed by atoms with E-state index in [1.54, 1.807) is 0 Å². The second-order valence-electron chi connectivity index (χ2n) is 7.46. The Kier molecular flexibility index (Phi) is 7.12. The molecular formula is C23H26Cl2N4. The zero-order valence-electron chi connectivity index (χ0n) is 17.3. The van der Waals surface area contributed by atoms with Crippen molar-refractivity contribution in [2.75, 3.05) is 39.1 Å². The predicted molar refractivity (Wildman–Crippen MR) is 126 cm³/mol. The first-order valence-electron chi connectivity index (χ1n) is 9.61. The van der Waals surface area contributed by atoms with Crippen LogP contribution in [0.15, 0.2) is 36.4 Å². The van der Waals surface area contributed by atoms with E-state index in [9.17, 15) is 0 Å². The highest BCUT2D eigenvalue weighted by Crippen LogP contribution is 2.29. The van der Waals surface area contributed by atoms with Gasteiger partial charge in [-0.25, -0.2) is 9.97 Å². The van der Waals surface area contributed by atoms with E-state index in [1.807, 2.05) is 55.5 Å². The molecule has 29 heavy (non-hydrogen) atoms. The van der Waals surface area contributed by atoms with Gasteiger partial charge < -0.3 is 9.80 Å². The van der Waals surface area contributed by atoms with Crippen LogP contribution < -0.4 is 4.90 Å². The Morgan fingerprint density at radius 3 is 2.45 bits per heavy atom. The van der Waals surface area contributed by atoms with Crippen LogP contribution in [0.1, 0.15) is 23.4 Å². The lowest BCUT2D eigenvalue weighted by molar-refractivity contribution is 0.401. The molecule has 0 amide bonds. The van der Waals surface area contributed by atoms with Crippen molar-refractivity contribution in [3.63, 3.8) is 0 Å². The van der Waals surface area contributed by atoms with Crippen molar-refractivity contribution in [3.05, 3.63) is 63.4 Å². The first-order valence-corrected chi connectivity index (χ1v) is 10.4. The highest BCUT2D eigenvalue weighted by atomic mass is 35.5. The fourth-order valence-electron chi connectivity index (χ4n) is 3.16. The van der Waals surface area contributed by atoms with Gasteiger partial charge in [0.1, 0.15) is 5.82 Å². The molecule has 3 rings (SSSR count). The second kappa shape index (κ2) is 9.57. The highest BCUT2D eigenvalue weighted by molar-refractivity contribution is 6.35. The Hall–Kier alpha value is -2.14. The van der Waals surface area contributed by atoms with Crippen molar-refractivity contribution in [3.8, 4) is 0 Å². The van der Waals surface area contributed by atoms with Gasteiger partial charge in [-0.3, -0.25) is 0 Å². The minimum atomic E-state index is 0.629. The largest absolute Gasteiger partial charge is 0.359 e. The zero-order valence-corrected chi connectivity index (χ0v) is 18.8. The standard InChI is InChI=1S/C23H26Cl2N4/c1-16-15-17(9-11-19(16)24)10-12-21-26-22-18(7-5-8-20(22)25)23(27-21)29(4)14-6-13-28(2)3/h5,7-12,15H,6,13-14H2,1-4H3/b12-10+. The number of benzene rings is 2. The summed E-state index contributed by atoms with van der Waals surface area (Å²) in [5.74, 6) is 1.52. The smallest absolute Gasteiger partial charge is 0.155 e. The predicted octanol–water partition coefficient (Wildman–Crippen LogP) is 5.80. The van der Waals surface area contributed by atoms with Gasteiger partial charge in [0.05, 0.1) is 10.5 Å². The molecule has 4 nitrogen and oxygen atoms in total. The summed E-state index contributed by atoms with van der Waals surface area (Å²) in [6, 6.07) is 11.8. The Balaban J connectivity index is 1.96. The number of rotatable bonds is 7. The SMILES string of the molecule is Cc1cc(/C=C/c2nc(N(C)CCCN(C)C)c3cccc(Cl)c3n2)ccc1Cl. The highest BCUT2D eigenvalue weighted by Gasteiger charge is 2.13. The molecule has 0 bridgehead atoms. The number of para-hydroxylation sites is 1. The summed E-state index contributed by atoms with van der Waals surface area (Å²) in [7, 11) is 6.23. The molecule has 0 aliphatic heterocycles. The number of aryl methyl sites for hydroxylation is 1. The first kappa shape index (κ1) is 21.6. The fourth-order valence-corrected chi connectivity index (χ4v) is 3.49. The molecule has 1 heterocycles. The van der Waals surface area contributed by atoms with Gasteiger partial charge in [0.25, 0.3) is 0 Å². The molecular weight excluding hydrogens is 403 g/mol. The van der Waals surface area contributed by atoms with Gasteiger partial charge >= 0.3 is 0 Å². The van der Waals surface area contributed by atoms with E-state index in [0.717, 1.165) is 52.4 Å². The Morgan fingerprint density at radius 1 is 0.931 bits per heavy atom. The number of hydrogen-bond donors (Lipinski definition) is 0. The molecule has 1 aromatic heterocycles. The summed E-state index contributed by atoms with van der Waals surface area (Å²) < 4.78 is 0. The molecule has 2 aromatic carbocycles. The van der Waals surface area contributed by atoms with Crippen LogP contribution in [0.5, 0.6) is 0 Å². The van der Waals surface area contributed by atoms with Gasteiger partial charge in [0.2, 0.25) is 0 Å². The first-order chi connectivity index (χ1) is 13.8. The summed E-state index contributed by atoms with van der Waals surface area (Å²) in [6.07, 6.45) is 4.96. The fraction of sp³-hybridized carbons (Fsp3) is 0.304. The summed E-state index contributed by atoms with van der Waals surface area (Å²) >= 11 is 12.6. The third-order valence-electron chi connectivity index (χ3n) is 4.74. The van der Waals surface area contributed by atoms with Crippen LogP contribution in [-0.4, -0.2) is 49.1 Å². The molecule has 0 aliphatic rings.